The molecule has 2 rings (SSSR count). The quantitative estimate of drug-likeness (QED) is 0.486. The van der Waals surface area contributed by atoms with Gasteiger partial charge in [0.05, 0.1) is 10.5 Å². The summed E-state index contributed by atoms with van der Waals surface area (Å²) in [4.78, 5) is 21.8. The molecule has 0 saturated heterocycles. The van der Waals surface area contributed by atoms with Gasteiger partial charge < -0.3 is 4.74 Å². The van der Waals surface area contributed by atoms with Crippen molar-refractivity contribution in [2.45, 2.75) is 13.5 Å². The average molecular weight is 271 g/mol. The topological polar surface area (TPSA) is 69.4 Å². The zero-order valence-electron chi connectivity index (χ0n) is 10.9. The molecular formula is C15H13NO4. The number of ether oxygens (including phenoxy) is 1. The molecule has 0 radical (unpaired) electrons. The standard InChI is InChI=1S/C15H13NO4/c1-11-4-2-3-5-13(11)10-20-15(17)12-6-8-14(9-7-12)16(18)19/h2-9H,10H2,1H3. The maximum Gasteiger partial charge on any atom is 0.338 e. The molecule has 20 heavy (non-hydrogen) atoms. The lowest BCUT2D eigenvalue weighted by Gasteiger charge is -2.07. The number of esters is 1. The van der Waals surface area contributed by atoms with Crippen LogP contribution in [-0.4, -0.2) is 10.9 Å². The lowest BCUT2D eigenvalue weighted by atomic mass is 10.1. The molecule has 0 spiro atoms. The number of nitrogens with zero attached hydrogens (tertiary/aromatic N) is 1. The van der Waals surface area contributed by atoms with E-state index in [0.717, 1.165) is 11.1 Å². The lowest BCUT2D eigenvalue weighted by Crippen LogP contribution is -2.06. The highest BCUT2D eigenvalue weighted by Gasteiger charge is 2.11. The van der Waals surface area contributed by atoms with Crippen molar-refractivity contribution >= 4 is 11.7 Å². The largest absolute Gasteiger partial charge is 0.457 e. The summed E-state index contributed by atoms with van der Waals surface area (Å²) in [5.74, 6) is -0.497. The second kappa shape index (κ2) is 5.97. The van der Waals surface area contributed by atoms with Crippen LogP contribution in [0.25, 0.3) is 0 Å². The Kier molecular flexibility index (Phi) is 4.10. The van der Waals surface area contributed by atoms with Crippen LogP contribution in [0.2, 0.25) is 0 Å². The molecule has 0 amide bonds. The molecule has 102 valence electrons. The Hall–Kier alpha value is -2.69. The van der Waals surface area contributed by atoms with E-state index in [0.29, 0.717) is 5.56 Å². The third-order valence-corrected chi connectivity index (χ3v) is 2.93. The van der Waals surface area contributed by atoms with Crippen LogP contribution in [0, 0.1) is 17.0 Å². The van der Waals surface area contributed by atoms with Crippen LogP contribution in [-0.2, 0) is 11.3 Å². The highest BCUT2D eigenvalue weighted by molar-refractivity contribution is 5.89. The molecule has 5 heteroatoms. The van der Waals surface area contributed by atoms with Gasteiger partial charge in [-0.15, -0.1) is 0 Å². The summed E-state index contributed by atoms with van der Waals surface area (Å²) in [6, 6.07) is 13.0. The maximum atomic E-state index is 11.8. The Morgan fingerprint density at radius 2 is 1.80 bits per heavy atom. The smallest absolute Gasteiger partial charge is 0.338 e. The zero-order chi connectivity index (χ0) is 14.5. The van der Waals surface area contributed by atoms with Crippen molar-refractivity contribution in [3.8, 4) is 0 Å². The van der Waals surface area contributed by atoms with E-state index in [1.165, 1.54) is 24.3 Å². The Morgan fingerprint density at radius 1 is 1.15 bits per heavy atom. The minimum Gasteiger partial charge on any atom is -0.457 e. The van der Waals surface area contributed by atoms with Crippen LogP contribution in [0.4, 0.5) is 5.69 Å². The first kappa shape index (κ1) is 13.7. The molecule has 0 aliphatic heterocycles. The number of non-ortho nitro benzene ring substituents is 1. The second-order valence-electron chi connectivity index (χ2n) is 4.31. The molecule has 2 aromatic carbocycles. The van der Waals surface area contributed by atoms with E-state index in [2.05, 4.69) is 0 Å². The van der Waals surface area contributed by atoms with Gasteiger partial charge in [-0.1, -0.05) is 24.3 Å². The summed E-state index contributed by atoms with van der Waals surface area (Å²) in [5.41, 5.74) is 2.22. The first-order valence-electron chi connectivity index (χ1n) is 6.04. The van der Waals surface area contributed by atoms with Gasteiger partial charge in [0.25, 0.3) is 5.69 Å². The number of aryl methyl sites for hydroxylation is 1. The molecule has 0 unspecified atom stereocenters. The molecule has 0 saturated carbocycles. The zero-order valence-corrected chi connectivity index (χ0v) is 10.9. The normalized spacial score (nSPS) is 10.1. The Balaban J connectivity index is 2.02. The molecule has 0 atom stereocenters. The van der Waals surface area contributed by atoms with Gasteiger partial charge in [-0.2, -0.15) is 0 Å². The summed E-state index contributed by atoms with van der Waals surface area (Å²) in [7, 11) is 0. The van der Waals surface area contributed by atoms with Crippen LogP contribution < -0.4 is 0 Å². The van der Waals surface area contributed by atoms with E-state index in [1.807, 2.05) is 31.2 Å². The van der Waals surface area contributed by atoms with Crippen molar-refractivity contribution in [3.05, 3.63) is 75.3 Å². The predicted molar refractivity (Wildman–Crippen MR) is 73.4 cm³/mol. The maximum absolute atomic E-state index is 11.8. The SMILES string of the molecule is Cc1ccccc1COC(=O)c1ccc([N+](=O)[O-])cc1. The molecular weight excluding hydrogens is 258 g/mol. The second-order valence-corrected chi connectivity index (χ2v) is 4.31. The number of hydrogen-bond acceptors (Lipinski definition) is 4. The van der Waals surface area contributed by atoms with Gasteiger partial charge in [0.1, 0.15) is 6.61 Å². The molecule has 0 fully saturated rings. The highest BCUT2D eigenvalue weighted by Crippen LogP contribution is 2.14. The van der Waals surface area contributed by atoms with Crippen molar-refractivity contribution in [1.29, 1.82) is 0 Å². The number of rotatable bonds is 4. The Morgan fingerprint density at radius 3 is 2.40 bits per heavy atom. The molecule has 2 aromatic rings. The number of carbonyl (C=O) groups excluding carboxylic acids is 1. The predicted octanol–water partition coefficient (Wildman–Crippen LogP) is 3.26. The van der Waals surface area contributed by atoms with Crippen molar-refractivity contribution in [1.82, 2.24) is 0 Å². The van der Waals surface area contributed by atoms with Crippen LogP contribution in [0.3, 0.4) is 0 Å². The van der Waals surface area contributed by atoms with Gasteiger partial charge in [-0.05, 0) is 30.2 Å². The third kappa shape index (κ3) is 3.20. The molecule has 0 bridgehead atoms. The fourth-order valence-electron chi connectivity index (χ4n) is 1.72. The average Bonchev–Trinajstić information content (AvgIpc) is 2.46. The van der Waals surface area contributed by atoms with Crippen molar-refractivity contribution in [3.63, 3.8) is 0 Å². The number of benzene rings is 2. The summed E-state index contributed by atoms with van der Waals surface area (Å²) >= 11 is 0. The van der Waals surface area contributed by atoms with E-state index in [4.69, 9.17) is 4.74 Å². The monoisotopic (exact) mass is 271 g/mol. The number of nitro groups is 1. The van der Waals surface area contributed by atoms with Crippen molar-refractivity contribution in [2.24, 2.45) is 0 Å². The fourth-order valence-corrected chi connectivity index (χ4v) is 1.72. The van der Waals surface area contributed by atoms with E-state index in [-0.39, 0.29) is 12.3 Å². The summed E-state index contributed by atoms with van der Waals surface area (Å²) in [6.07, 6.45) is 0. The van der Waals surface area contributed by atoms with Crippen molar-refractivity contribution < 1.29 is 14.5 Å². The number of nitro benzene ring substituents is 1. The van der Waals surface area contributed by atoms with Gasteiger partial charge in [-0.25, -0.2) is 4.79 Å². The molecule has 0 heterocycles. The molecule has 0 aromatic heterocycles. The van der Waals surface area contributed by atoms with Crippen LogP contribution in [0.15, 0.2) is 48.5 Å². The third-order valence-electron chi connectivity index (χ3n) is 2.93. The van der Waals surface area contributed by atoms with Crippen molar-refractivity contribution in [2.75, 3.05) is 0 Å². The number of hydrogen-bond donors (Lipinski definition) is 0. The fraction of sp³-hybridized carbons (Fsp3) is 0.133. The lowest BCUT2D eigenvalue weighted by molar-refractivity contribution is -0.384. The van der Waals surface area contributed by atoms with Gasteiger partial charge in [0.2, 0.25) is 0 Å². The molecule has 5 nitrogen and oxygen atoms in total. The number of carbonyl (C=O) groups is 1. The first-order chi connectivity index (χ1) is 9.58. The minimum absolute atomic E-state index is 0.0551. The van der Waals surface area contributed by atoms with E-state index in [1.54, 1.807) is 0 Å². The van der Waals surface area contributed by atoms with Crippen LogP contribution in [0.5, 0.6) is 0 Å². The summed E-state index contributed by atoms with van der Waals surface area (Å²) in [6.45, 7) is 2.12. The Bertz CT molecular complexity index is 635. The van der Waals surface area contributed by atoms with Crippen LogP contribution in [0.1, 0.15) is 21.5 Å². The first-order valence-corrected chi connectivity index (χ1v) is 6.04. The van der Waals surface area contributed by atoms with E-state index < -0.39 is 10.9 Å². The molecule has 0 N–H and O–H groups in total. The minimum atomic E-state index is -0.511. The molecule has 0 aliphatic carbocycles. The van der Waals surface area contributed by atoms with Gasteiger partial charge in [0, 0.05) is 12.1 Å². The summed E-state index contributed by atoms with van der Waals surface area (Å²) < 4.78 is 5.19. The highest BCUT2D eigenvalue weighted by atomic mass is 16.6. The van der Waals surface area contributed by atoms with Gasteiger partial charge in [0.15, 0.2) is 0 Å². The summed E-state index contributed by atoms with van der Waals surface area (Å²) in [5, 5.41) is 10.5. The van der Waals surface area contributed by atoms with E-state index in [9.17, 15) is 14.9 Å². The van der Waals surface area contributed by atoms with Crippen LogP contribution >= 0.6 is 0 Å². The van der Waals surface area contributed by atoms with E-state index >= 15 is 0 Å². The Labute approximate surface area is 116 Å². The van der Waals surface area contributed by atoms with Gasteiger partial charge in [-0.3, -0.25) is 10.1 Å². The van der Waals surface area contributed by atoms with Gasteiger partial charge >= 0.3 is 5.97 Å². The molecule has 0 aliphatic rings.